The van der Waals surface area contributed by atoms with Crippen LogP contribution in [0.2, 0.25) is 0 Å². The first-order valence-corrected chi connectivity index (χ1v) is 7.70. The molecule has 0 saturated heterocycles. The molecular formula is C10H18N4O4S. The number of aliphatic carboxylic acids is 1. The van der Waals surface area contributed by atoms with Gasteiger partial charge in [0.05, 0.1) is 12.5 Å². The van der Waals surface area contributed by atoms with Gasteiger partial charge < -0.3 is 5.11 Å². The Morgan fingerprint density at radius 1 is 1.47 bits per heavy atom. The molecule has 0 aromatic carbocycles. The second-order valence-corrected chi connectivity index (χ2v) is 7.45. The summed E-state index contributed by atoms with van der Waals surface area (Å²) in [6, 6.07) is -0.469. The van der Waals surface area contributed by atoms with E-state index in [0.29, 0.717) is 6.42 Å². The van der Waals surface area contributed by atoms with Gasteiger partial charge in [-0.05, 0) is 30.7 Å². The fraction of sp³-hybridized carbons (Fsp3) is 0.800. The number of tetrazole rings is 1. The molecule has 1 N–H and O–H groups in total. The second kappa shape index (κ2) is 5.24. The number of aromatic nitrogens is 4. The molecule has 0 bridgehead atoms. The molecule has 9 heteroatoms. The van der Waals surface area contributed by atoms with Crippen LogP contribution in [0.25, 0.3) is 0 Å². The predicted molar refractivity (Wildman–Crippen MR) is 67.3 cm³/mol. The average molecular weight is 290 g/mol. The second-order valence-electron chi connectivity index (χ2n) is 4.89. The number of sulfone groups is 1. The molecule has 0 aliphatic rings. The molecule has 1 unspecified atom stereocenters. The predicted octanol–water partition coefficient (Wildman–Crippen LogP) is 0.379. The summed E-state index contributed by atoms with van der Waals surface area (Å²) in [4.78, 5) is 10.8. The first-order valence-electron chi connectivity index (χ1n) is 5.81. The average Bonchev–Trinajstić information content (AvgIpc) is 2.73. The Bertz CT molecular complexity index is 564. The maximum absolute atomic E-state index is 11.8. The number of hydrogen-bond acceptors (Lipinski definition) is 6. The van der Waals surface area contributed by atoms with Crippen molar-refractivity contribution in [2.75, 3.05) is 6.26 Å². The fourth-order valence-corrected chi connectivity index (χ4v) is 2.07. The molecule has 1 aromatic rings. The third-order valence-corrected chi connectivity index (χ3v) is 5.22. The van der Waals surface area contributed by atoms with Gasteiger partial charge in [-0.1, -0.05) is 6.92 Å². The lowest BCUT2D eigenvalue weighted by atomic mass is 10.1. The monoisotopic (exact) mass is 290 g/mol. The Hall–Kier alpha value is -1.51. The third kappa shape index (κ3) is 3.09. The van der Waals surface area contributed by atoms with Gasteiger partial charge in [0.2, 0.25) is 0 Å². The lowest BCUT2D eigenvalue weighted by molar-refractivity contribution is -0.138. The van der Waals surface area contributed by atoms with Crippen molar-refractivity contribution in [2.45, 2.75) is 44.4 Å². The molecule has 1 atom stereocenters. The van der Waals surface area contributed by atoms with Crippen molar-refractivity contribution in [2.24, 2.45) is 0 Å². The standard InChI is InChI=1S/C10H18N4O4S/c1-5-7(6-8(15)16)14-9(11-12-13-14)10(2,3)19(4,17)18/h7H,5-6H2,1-4H3,(H,15,16). The molecule has 0 aliphatic heterocycles. The molecule has 108 valence electrons. The highest BCUT2D eigenvalue weighted by atomic mass is 32.2. The minimum atomic E-state index is -3.43. The van der Waals surface area contributed by atoms with Gasteiger partial charge >= 0.3 is 5.97 Å². The molecule has 0 aliphatic carbocycles. The summed E-state index contributed by atoms with van der Waals surface area (Å²) < 4.78 is 23.6. The van der Waals surface area contributed by atoms with E-state index >= 15 is 0 Å². The van der Waals surface area contributed by atoms with Gasteiger partial charge in [0, 0.05) is 6.26 Å². The summed E-state index contributed by atoms with van der Waals surface area (Å²) >= 11 is 0. The minimum absolute atomic E-state index is 0.156. The Balaban J connectivity index is 3.27. The maximum Gasteiger partial charge on any atom is 0.305 e. The van der Waals surface area contributed by atoms with Crippen LogP contribution in [0.5, 0.6) is 0 Å². The Morgan fingerprint density at radius 3 is 2.47 bits per heavy atom. The van der Waals surface area contributed by atoms with Gasteiger partial charge in [0.1, 0.15) is 4.75 Å². The largest absolute Gasteiger partial charge is 0.481 e. The highest BCUT2D eigenvalue weighted by Gasteiger charge is 2.39. The molecule has 1 heterocycles. The molecule has 8 nitrogen and oxygen atoms in total. The van der Waals surface area contributed by atoms with E-state index in [9.17, 15) is 13.2 Å². The number of nitrogens with zero attached hydrogens (tertiary/aromatic N) is 4. The van der Waals surface area contributed by atoms with E-state index in [1.807, 2.05) is 0 Å². The molecule has 0 saturated carbocycles. The third-order valence-electron chi connectivity index (χ3n) is 3.19. The Kier molecular flexibility index (Phi) is 4.28. The molecule has 19 heavy (non-hydrogen) atoms. The van der Waals surface area contributed by atoms with Crippen molar-refractivity contribution in [1.29, 1.82) is 0 Å². The fourth-order valence-electron chi connectivity index (χ4n) is 1.61. The van der Waals surface area contributed by atoms with Crippen LogP contribution in [0.1, 0.15) is 45.5 Å². The van der Waals surface area contributed by atoms with E-state index < -0.39 is 26.6 Å². The van der Waals surface area contributed by atoms with Crippen molar-refractivity contribution in [1.82, 2.24) is 20.2 Å². The first kappa shape index (κ1) is 15.5. The normalized spacial score (nSPS) is 14.3. The lowest BCUT2D eigenvalue weighted by Gasteiger charge is -2.24. The zero-order valence-corrected chi connectivity index (χ0v) is 12.2. The van der Waals surface area contributed by atoms with Crippen molar-refractivity contribution in [3.05, 3.63) is 5.82 Å². The van der Waals surface area contributed by atoms with Crippen LogP contribution in [-0.2, 0) is 19.4 Å². The Morgan fingerprint density at radius 2 is 2.05 bits per heavy atom. The Labute approximate surface area is 111 Å². The van der Waals surface area contributed by atoms with E-state index in [1.54, 1.807) is 6.92 Å². The highest BCUT2D eigenvalue weighted by Crippen LogP contribution is 2.29. The molecule has 1 aromatic heterocycles. The summed E-state index contributed by atoms with van der Waals surface area (Å²) in [6.07, 6.45) is 1.43. The van der Waals surface area contributed by atoms with E-state index in [-0.39, 0.29) is 12.2 Å². The summed E-state index contributed by atoms with van der Waals surface area (Å²) in [5, 5.41) is 19.9. The van der Waals surface area contributed by atoms with Crippen molar-refractivity contribution < 1.29 is 18.3 Å². The zero-order chi connectivity index (χ0) is 14.8. The lowest BCUT2D eigenvalue weighted by Crippen LogP contribution is -2.33. The van der Waals surface area contributed by atoms with Crippen LogP contribution in [-0.4, -0.2) is 46.0 Å². The zero-order valence-electron chi connectivity index (χ0n) is 11.4. The first-order chi connectivity index (χ1) is 8.61. The van der Waals surface area contributed by atoms with Crippen molar-refractivity contribution in [3.63, 3.8) is 0 Å². The van der Waals surface area contributed by atoms with E-state index in [1.165, 1.54) is 18.5 Å². The number of rotatable bonds is 6. The SMILES string of the molecule is CCC(CC(=O)O)n1nnnc1C(C)(C)S(C)(=O)=O. The molecule has 0 radical (unpaired) electrons. The number of carboxylic acid groups (broad SMARTS) is 1. The van der Waals surface area contributed by atoms with Crippen molar-refractivity contribution >= 4 is 15.8 Å². The number of hydrogen-bond donors (Lipinski definition) is 1. The quantitative estimate of drug-likeness (QED) is 0.805. The van der Waals surface area contributed by atoms with Gasteiger partial charge in [0.25, 0.3) is 0 Å². The minimum Gasteiger partial charge on any atom is -0.481 e. The number of carbonyl (C=O) groups is 1. The smallest absolute Gasteiger partial charge is 0.305 e. The molecule has 0 spiro atoms. The molecular weight excluding hydrogens is 272 g/mol. The van der Waals surface area contributed by atoms with Crippen LogP contribution in [0.15, 0.2) is 0 Å². The van der Waals surface area contributed by atoms with Crippen LogP contribution in [0, 0.1) is 0 Å². The molecule has 1 rings (SSSR count). The van der Waals surface area contributed by atoms with Gasteiger partial charge in [0.15, 0.2) is 15.7 Å². The summed E-state index contributed by atoms with van der Waals surface area (Å²) in [5.74, 6) is -0.825. The van der Waals surface area contributed by atoms with Crippen molar-refractivity contribution in [3.8, 4) is 0 Å². The van der Waals surface area contributed by atoms with Crippen LogP contribution in [0.3, 0.4) is 0 Å². The van der Waals surface area contributed by atoms with E-state index in [2.05, 4.69) is 15.5 Å². The van der Waals surface area contributed by atoms with Gasteiger partial charge in [-0.3, -0.25) is 4.79 Å². The molecule has 0 amide bonds. The van der Waals surface area contributed by atoms with Crippen LogP contribution < -0.4 is 0 Å². The maximum atomic E-state index is 11.8. The van der Waals surface area contributed by atoms with Crippen LogP contribution >= 0.6 is 0 Å². The highest BCUT2D eigenvalue weighted by molar-refractivity contribution is 7.91. The number of carboxylic acids is 1. The molecule has 0 fully saturated rings. The summed E-state index contributed by atoms with van der Waals surface area (Å²) in [6.45, 7) is 4.79. The van der Waals surface area contributed by atoms with Crippen LogP contribution in [0.4, 0.5) is 0 Å². The van der Waals surface area contributed by atoms with E-state index in [4.69, 9.17) is 5.11 Å². The van der Waals surface area contributed by atoms with Gasteiger partial charge in [-0.2, -0.15) is 0 Å². The topological polar surface area (TPSA) is 115 Å². The van der Waals surface area contributed by atoms with Gasteiger partial charge in [-0.25, -0.2) is 13.1 Å². The van der Waals surface area contributed by atoms with Gasteiger partial charge in [-0.15, -0.1) is 5.10 Å². The summed E-state index contributed by atoms with van der Waals surface area (Å²) in [5.41, 5.74) is 0. The summed E-state index contributed by atoms with van der Waals surface area (Å²) in [7, 11) is -3.43. The van der Waals surface area contributed by atoms with E-state index in [0.717, 1.165) is 6.26 Å².